The molecule has 1 aromatic heterocycles. The van der Waals surface area contributed by atoms with E-state index in [1.807, 2.05) is 0 Å². The first-order valence-corrected chi connectivity index (χ1v) is 10.3. The largest absolute Gasteiger partial charge is 0.368 e. The second-order valence-electron chi connectivity index (χ2n) is 7.45. The SMILES string of the molecule is CCCN(CCC)c1c(C)nc(-c2c(C)cccc2C)nc1-c1ccccc1. The zero-order chi connectivity index (χ0) is 20.1. The topological polar surface area (TPSA) is 29.0 Å². The van der Waals surface area contributed by atoms with Crippen LogP contribution >= 0.6 is 0 Å². The molecule has 3 aromatic rings. The zero-order valence-electron chi connectivity index (χ0n) is 17.8. The summed E-state index contributed by atoms with van der Waals surface area (Å²) in [4.78, 5) is 12.6. The van der Waals surface area contributed by atoms with Gasteiger partial charge in [-0.1, -0.05) is 62.4 Å². The first-order valence-electron chi connectivity index (χ1n) is 10.3. The van der Waals surface area contributed by atoms with Gasteiger partial charge in [0, 0.05) is 24.2 Å². The van der Waals surface area contributed by atoms with Crippen molar-refractivity contribution in [1.29, 1.82) is 0 Å². The first kappa shape index (κ1) is 20.1. The molecule has 2 aromatic carbocycles. The Hall–Kier alpha value is -2.68. The maximum Gasteiger partial charge on any atom is 0.160 e. The highest BCUT2D eigenvalue weighted by atomic mass is 15.2. The summed E-state index contributed by atoms with van der Waals surface area (Å²) in [7, 11) is 0. The molecule has 0 fully saturated rings. The fourth-order valence-electron chi connectivity index (χ4n) is 3.90. The van der Waals surface area contributed by atoms with Crippen LogP contribution in [0.2, 0.25) is 0 Å². The smallest absolute Gasteiger partial charge is 0.160 e. The van der Waals surface area contributed by atoms with Gasteiger partial charge in [0.05, 0.1) is 17.1 Å². The molecule has 0 aliphatic heterocycles. The molecule has 0 unspecified atom stereocenters. The van der Waals surface area contributed by atoms with Gasteiger partial charge in [-0.2, -0.15) is 0 Å². The van der Waals surface area contributed by atoms with Crippen molar-refractivity contribution in [3.8, 4) is 22.6 Å². The molecule has 0 radical (unpaired) electrons. The normalized spacial score (nSPS) is 10.9. The molecule has 146 valence electrons. The van der Waals surface area contributed by atoms with Crippen molar-refractivity contribution in [3.63, 3.8) is 0 Å². The van der Waals surface area contributed by atoms with Gasteiger partial charge in [-0.3, -0.25) is 0 Å². The minimum Gasteiger partial charge on any atom is -0.368 e. The average Bonchev–Trinajstić information content (AvgIpc) is 2.68. The molecule has 0 amide bonds. The van der Waals surface area contributed by atoms with Gasteiger partial charge in [0.15, 0.2) is 5.82 Å². The summed E-state index contributed by atoms with van der Waals surface area (Å²) in [6, 6.07) is 16.9. The molecule has 1 heterocycles. The third-order valence-electron chi connectivity index (χ3n) is 5.11. The van der Waals surface area contributed by atoms with Crippen molar-refractivity contribution >= 4 is 5.69 Å². The van der Waals surface area contributed by atoms with E-state index in [1.54, 1.807) is 0 Å². The predicted molar refractivity (Wildman–Crippen MR) is 120 cm³/mol. The van der Waals surface area contributed by atoms with Crippen LogP contribution in [0.15, 0.2) is 48.5 Å². The van der Waals surface area contributed by atoms with E-state index in [9.17, 15) is 0 Å². The van der Waals surface area contributed by atoms with E-state index in [0.29, 0.717) is 0 Å². The first-order chi connectivity index (χ1) is 13.6. The van der Waals surface area contributed by atoms with Crippen molar-refractivity contribution in [1.82, 2.24) is 9.97 Å². The molecule has 0 N–H and O–H groups in total. The maximum absolute atomic E-state index is 5.13. The highest BCUT2D eigenvalue weighted by molar-refractivity contribution is 5.79. The van der Waals surface area contributed by atoms with Crippen LogP contribution in [0.5, 0.6) is 0 Å². The highest BCUT2D eigenvalue weighted by Gasteiger charge is 2.20. The lowest BCUT2D eigenvalue weighted by Gasteiger charge is -2.28. The van der Waals surface area contributed by atoms with Crippen molar-refractivity contribution in [2.75, 3.05) is 18.0 Å². The number of benzene rings is 2. The average molecular weight is 374 g/mol. The van der Waals surface area contributed by atoms with Crippen LogP contribution in [0.25, 0.3) is 22.6 Å². The summed E-state index contributed by atoms with van der Waals surface area (Å²) in [6.45, 7) is 12.9. The molecule has 0 aliphatic rings. The van der Waals surface area contributed by atoms with Crippen LogP contribution in [-0.2, 0) is 0 Å². The second-order valence-corrected chi connectivity index (χ2v) is 7.45. The van der Waals surface area contributed by atoms with Gasteiger partial charge in [-0.25, -0.2) is 9.97 Å². The molecular formula is C25H31N3. The minimum absolute atomic E-state index is 0.823. The second kappa shape index (κ2) is 9.01. The lowest BCUT2D eigenvalue weighted by atomic mass is 10.0. The van der Waals surface area contributed by atoms with Gasteiger partial charge < -0.3 is 4.90 Å². The van der Waals surface area contributed by atoms with Crippen molar-refractivity contribution < 1.29 is 0 Å². The van der Waals surface area contributed by atoms with Crippen molar-refractivity contribution in [2.24, 2.45) is 0 Å². The van der Waals surface area contributed by atoms with Crippen LogP contribution in [0.1, 0.15) is 43.5 Å². The molecule has 3 rings (SSSR count). The Bertz CT molecular complexity index is 906. The molecular weight excluding hydrogens is 342 g/mol. The van der Waals surface area contributed by atoms with Crippen molar-refractivity contribution in [3.05, 3.63) is 65.4 Å². The van der Waals surface area contributed by atoms with Gasteiger partial charge in [-0.05, 0) is 44.7 Å². The Balaban J connectivity index is 2.26. The van der Waals surface area contributed by atoms with Crippen LogP contribution in [0.4, 0.5) is 5.69 Å². The standard InChI is InChI=1S/C25H31N3/c1-6-16-28(17-7-2)24-20(5)26-25(22-18(3)12-11-13-19(22)4)27-23(24)21-14-9-8-10-15-21/h8-15H,6-7,16-17H2,1-5H3. The van der Waals surface area contributed by atoms with Crippen LogP contribution in [0, 0.1) is 20.8 Å². The number of nitrogens with zero attached hydrogens (tertiary/aromatic N) is 3. The molecule has 0 aliphatic carbocycles. The van der Waals surface area contributed by atoms with Crippen molar-refractivity contribution in [2.45, 2.75) is 47.5 Å². The minimum atomic E-state index is 0.823. The molecule has 28 heavy (non-hydrogen) atoms. The van der Waals surface area contributed by atoms with E-state index in [4.69, 9.17) is 9.97 Å². The summed E-state index contributed by atoms with van der Waals surface area (Å²) >= 11 is 0. The molecule has 0 bridgehead atoms. The van der Waals surface area contributed by atoms with Gasteiger partial charge in [-0.15, -0.1) is 0 Å². The number of hydrogen-bond donors (Lipinski definition) is 0. The van der Waals surface area contributed by atoms with Crippen LogP contribution < -0.4 is 4.90 Å². The van der Waals surface area contributed by atoms with E-state index in [0.717, 1.165) is 54.3 Å². The molecule has 0 saturated heterocycles. The number of aromatic nitrogens is 2. The monoisotopic (exact) mass is 373 g/mol. The van der Waals surface area contributed by atoms with Gasteiger partial charge in [0.25, 0.3) is 0 Å². The third kappa shape index (κ3) is 4.09. The Morgan fingerprint density at radius 2 is 1.36 bits per heavy atom. The lowest BCUT2D eigenvalue weighted by Crippen LogP contribution is -2.27. The number of hydrogen-bond acceptors (Lipinski definition) is 3. The summed E-state index contributed by atoms with van der Waals surface area (Å²) in [5.74, 6) is 0.823. The van der Waals surface area contributed by atoms with E-state index in [-0.39, 0.29) is 0 Å². The predicted octanol–water partition coefficient (Wildman–Crippen LogP) is 6.36. The summed E-state index contributed by atoms with van der Waals surface area (Å²) < 4.78 is 0. The Morgan fingerprint density at radius 1 is 0.750 bits per heavy atom. The molecule has 0 atom stereocenters. The molecule has 0 spiro atoms. The third-order valence-corrected chi connectivity index (χ3v) is 5.11. The Morgan fingerprint density at radius 3 is 1.93 bits per heavy atom. The number of anilines is 1. The van der Waals surface area contributed by atoms with Gasteiger partial charge in [0.1, 0.15) is 0 Å². The fraction of sp³-hybridized carbons (Fsp3) is 0.360. The Labute approximate surface area is 169 Å². The zero-order valence-corrected chi connectivity index (χ0v) is 17.8. The summed E-state index contributed by atoms with van der Waals surface area (Å²) in [5.41, 5.74) is 7.97. The van der Waals surface area contributed by atoms with E-state index < -0.39 is 0 Å². The van der Waals surface area contributed by atoms with Gasteiger partial charge >= 0.3 is 0 Å². The number of aryl methyl sites for hydroxylation is 3. The summed E-state index contributed by atoms with van der Waals surface area (Å²) in [6.07, 6.45) is 2.21. The van der Waals surface area contributed by atoms with E-state index in [2.05, 4.69) is 88.0 Å². The van der Waals surface area contributed by atoms with E-state index >= 15 is 0 Å². The Kier molecular flexibility index (Phi) is 6.45. The molecule has 0 saturated carbocycles. The highest BCUT2D eigenvalue weighted by Crippen LogP contribution is 2.35. The van der Waals surface area contributed by atoms with Gasteiger partial charge in [0.2, 0.25) is 0 Å². The quantitative estimate of drug-likeness (QED) is 0.482. The summed E-state index contributed by atoms with van der Waals surface area (Å²) in [5, 5.41) is 0. The van der Waals surface area contributed by atoms with E-state index in [1.165, 1.54) is 16.8 Å². The fourth-order valence-corrected chi connectivity index (χ4v) is 3.90. The number of rotatable bonds is 7. The maximum atomic E-state index is 5.13. The van der Waals surface area contributed by atoms with Crippen LogP contribution in [-0.4, -0.2) is 23.1 Å². The van der Waals surface area contributed by atoms with Crippen LogP contribution in [0.3, 0.4) is 0 Å². The molecule has 3 nitrogen and oxygen atoms in total. The molecule has 3 heteroatoms. The lowest BCUT2D eigenvalue weighted by molar-refractivity contribution is 0.739.